The van der Waals surface area contributed by atoms with Crippen LogP contribution in [0.15, 0.2) is 72.8 Å². The molecule has 0 aliphatic rings. The van der Waals surface area contributed by atoms with Crippen LogP contribution in [0.2, 0.25) is 0 Å². The highest BCUT2D eigenvalue weighted by Gasteiger charge is 2.33. The smallest absolute Gasteiger partial charge is 0.338 e. The molecule has 1 amide bonds. The van der Waals surface area contributed by atoms with Crippen molar-refractivity contribution >= 4 is 41.1 Å². The SMILES string of the molecule is CCCCC(CC)COC(=O)c1ccc(Nc2nc(Nc3ccc(C(=O)OCC(CC)CCCC)cc3)nc(C(C)(C)C(C)c3ccc(C(=O)NC(C)(C)C)cc3)n2)cc1. The third kappa shape index (κ3) is 14.2. The Balaban J connectivity index is 1.58. The zero-order chi connectivity index (χ0) is 43.9. The van der Waals surface area contributed by atoms with Crippen molar-refractivity contribution in [2.75, 3.05) is 23.8 Å². The summed E-state index contributed by atoms with van der Waals surface area (Å²) < 4.78 is 11.3. The standard InChI is InChI=1S/C49H68N6O5/c1-11-15-17-34(13-3)31-59-43(57)38-23-27-40(28-24-38)50-46-52-45(49(9,10)33(5)36-19-21-37(22-20-36)42(56)55-48(6,7)8)53-47(54-46)51-41-29-25-39(26-30-41)44(58)60-32-35(14-4)18-16-12-2/h19-30,33-35H,11-18,31-32H2,1-10H3,(H,55,56)(H2,50,51,52,53,54). The van der Waals surface area contributed by atoms with Gasteiger partial charge in [0.2, 0.25) is 11.9 Å². The number of amides is 1. The number of carbonyl (C=O) groups is 3. The van der Waals surface area contributed by atoms with Gasteiger partial charge in [0.05, 0.1) is 24.3 Å². The molecule has 11 nitrogen and oxygen atoms in total. The lowest BCUT2D eigenvalue weighted by Gasteiger charge is -2.31. The van der Waals surface area contributed by atoms with Crippen LogP contribution in [0.1, 0.15) is 169 Å². The van der Waals surface area contributed by atoms with Gasteiger partial charge in [0.15, 0.2) is 0 Å². The predicted molar refractivity (Wildman–Crippen MR) is 242 cm³/mol. The minimum Gasteiger partial charge on any atom is -0.462 e. The average Bonchev–Trinajstić information content (AvgIpc) is 3.23. The lowest BCUT2D eigenvalue weighted by Crippen LogP contribution is -2.40. The third-order valence-corrected chi connectivity index (χ3v) is 11.2. The van der Waals surface area contributed by atoms with E-state index in [1.54, 1.807) is 48.5 Å². The number of hydrogen-bond acceptors (Lipinski definition) is 10. The van der Waals surface area contributed by atoms with Crippen LogP contribution in [0.5, 0.6) is 0 Å². The van der Waals surface area contributed by atoms with E-state index in [0.717, 1.165) is 56.9 Å². The highest BCUT2D eigenvalue weighted by atomic mass is 16.5. The number of anilines is 4. The van der Waals surface area contributed by atoms with Crippen molar-refractivity contribution < 1.29 is 23.9 Å². The van der Waals surface area contributed by atoms with E-state index < -0.39 is 5.41 Å². The summed E-state index contributed by atoms with van der Waals surface area (Å²) in [6, 6.07) is 21.8. The molecule has 1 heterocycles. The lowest BCUT2D eigenvalue weighted by molar-refractivity contribution is 0.0419. The van der Waals surface area contributed by atoms with Crippen molar-refractivity contribution in [3.8, 4) is 0 Å². The number of hydrogen-bond donors (Lipinski definition) is 3. The second-order valence-corrected chi connectivity index (χ2v) is 17.5. The number of nitrogens with zero attached hydrogens (tertiary/aromatic N) is 3. The minimum absolute atomic E-state index is 0.0699. The average molecular weight is 821 g/mol. The Morgan fingerprint density at radius 3 is 1.40 bits per heavy atom. The fourth-order valence-corrected chi connectivity index (χ4v) is 6.71. The van der Waals surface area contributed by atoms with Crippen LogP contribution >= 0.6 is 0 Å². The number of rotatable bonds is 22. The monoisotopic (exact) mass is 821 g/mol. The van der Waals surface area contributed by atoms with Crippen LogP contribution in [0.4, 0.5) is 23.3 Å². The van der Waals surface area contributed by atoms with E-state index in [0.29, 0.717) is 70.8 Å². The summed E-state index contributed by atoms with van der Waals surface area (Å²) in [6.07, 6.45) is 8.51. The molecule has 4 rings (SSSR count). The highest BCUT2D eigenvalue weighted by molar-refractivity contribution is 5.94. The van der Waals surface area contributed by atoms with Crippen molar-refractivity contribution in [3.05, 3.63) is 101 Å². The Labute approximate surface area is 358 Å². The minimum atomic E-state index is -0.604. The van der Waals surface area contributed by atoms with E-state index in [-0.39, 0.29) is 29.3 Å². The van der Waals surface area contributed by atoms with Gasteiger partial charge in [-0.3, -0.25) is 4.79 Å². The van der Waals surface area contributed by atoms with Gasteiger partial charge in [0, 0.05) is 27.9 Å². The fourth-order valence-electron chi connectivity index (χ4n) is 6.71. The summed E-state index contributed by atoms with van der Waals surface area (Å²) >= 11 is 0. The molecule has 3 unspecified atom stereocenters. The summed E-state index contributed by atoms with van der Waals surface area (Å²) in [7, 11) is 0. The Bertz CT molecular complexity index is 1880. The van der Waals surface area contributed by atoms with Gasteiger partial charge in [-0.1, -0.05) is 99.1 Å². The van der Waals surface area contributed by atoms with E-state index >= 15 is 0 Å². The molecule has 0 aliphatic carbocycles. The maximum atomic E-state index is 12.9. The van der Waals surface area contributed by atoms with Crippen molar-refractivity contribution in [3.63, 3.8) is 0 Å². The van der Waals surface area contributed by atoms with E-state index in [4.69, 9.17) is 24.4 Å². The van der Waals surface area contributed by atoms with Crippen LogP contribution in [0, 0.1) is 11.8 Å². The van der Waals surface area contributed by atoms with Gasteiger partial charge < -0.3 is 25.4 Å². The molecule has 324 valence electrons. The molecule has 3 atom stereocenters. The summed E-state index contributed by atoms with van der Waals surface area (Å²) in [4.78, 5) is 53.2. The largest absolute Gasteiger partial charge is 0.462 e. The number of carbonyl (C=O) groups excluding carboxylic acids is 3. The molecule has 3 aromatic carbocycles. The third-order valence-electron chi connectivity index (χ3n) is 11.2. The maximum Gasteiger partial charge on any atom is 0.338 e. The second-order valence-electron chi connectivity index (χ2n) is 17.5. The second kappa shape index (κ2) is 22.3. The molecule has 0 aliphatic heterocycles. The molecule has 0 bridgehead atoms. The van der Waals surface area contributed by atoms with Gasteiger partial charge in [-0.15, -0.1) is 0 Å². The van der Waals surface area contributed by atoms with Crippen LogP contribution in [-0.2, 0) is 14.9 Å². The molecule has 1 aromatic heterocycles. The number of nitrogens with one attached hydrogen (secondary N) is 3. The molecule has 3 N–H and O–H groups in total. The summed E-state index contributed by atoms with van der Waals surface area (Å²) in [6.45, 7) is 21.6. The first kappa shape index (κ1) is 47.4. The highest BCUT2D eigenvalue weighted by Crippen LogP contribution is 2.38. The Morgan fingerprint density at radius 1 is 0.600 bits per heavy atom. The Kier molecular flexibility index (Phi) is 17.6. The molecular weight excluding hydrogens is 753 g/mol. The van der Waals surface area contributed by atoms with Crippen molar-refractivity contribution in [2.45, 2.75) is 137 Å². The van der Waals surface area contributed by atoms with Crippen LogP contribution < -0.4 is 16.0 Å². The normalized spacial score (nSPS) is 13.2. The number of esters is 2. The van der Waals surface area contributed by atoms with E-state index in [1.165, 1.54) is 0 Å². The van der Waals surface area contributed by atoms with Crippen molar-refractivity contribution in [1.82, 2.24) is 20.3 Å². The molecule has 0 radical (unpaired) electrons. The topological polar surface area (TPSA) is 144 Å². The molecule has 0 saturated heterocycles. The van der Waals surface area contributed by atoms with Crippen molar-refractivity contribution in [2.24, 2.45) is 11.8 Å². The molecule has 4 aromatic rings. The number of unbranched alkanes of at least 4 members (excludes halogenated alkanes) is 2. The predicted octanol–water partition coefficient (Wildman–Crippen LogP) is 11.7. The zero-order valence-corrected chi connectivity index (χ0v) is 37.6. The number of aromatic nitrogens is 3. The first-order chi connectivity index (χ1) is 28.6. The van der Waals surface area contributed by atoms with E-state index in [2.05, 4.69) is 64.4 Å². The van der Waals surface area contributed by atoms with Crippen LogP contribution in [-0.4, -0.2) is 51.6 Å². The van der Waals surface area contributed by atoms with Crippen molar-refractivity contribution in [1.29, 1.82) is 0 Å². The van der Waals surface area contributed by atoms with Gasteiger partial charge in [0.25, 0.3) is 5.91 Å². The Hall–Kier alpha value is -5.32. The molecular formula is C49H68N6O5. The van der Waals surface area contributed by atoms with Crippen LogP contribution in [0.3, 0.4) is 0 Å². The molecule has 0 spiro atoms. The van der Waals surface area contributed by atoms with E-state index in [1.807, 2.05) is 45.0 Å². The molecule has 0 fully saturated rings. The first-order valence-corrected chi connectivity index (χ1v) is 21.8. The number of ether oxygens (including phenoxy) is 2. The molecule has 60 heavy (non-hydrogen) atoms. The summed E-state index contributed by atoms with van der Waals surface area (Å²) in [5, 5.41) is 9.65. The van der Waals surface area contributed by atoms with Gasteiger partial charge >= 0.3 is 11.9 Å². The summed E-state index contributed by atoms with van der Waals surface area (Å²) in [5.41, 5.74) is 2.96. The maximum absolute atomic E-state index is 12.9. The zero-order valence-electron chi connectivity index (χ0n) is 37.6. The van der Waals surface area contributed by atoms with Gasteiger partial charge in [-0.25, -0.2) is 9.59 Å². The van der Waals surface area contributed by atoms with Gasteiger partial charge in [-0.05, 0) is 118 Å². The quantitative estimate of drug-likeness (QED) is 0.0655. The molecule has 0 saturated carbocycles. The lowest BCUT2D eigenvalue weighted by atomic mass is 9.75. The van der Waals surface area contributed by atoms with Gasteiger partial charge in [-0.2, -0.15) is 15.0 Å². The van der Waals surface area contributed by atoms with E-state index in [9.17, 15) is 14.4 Å². The first-order valence-electron chi connectivity index (χ1n) is 21.8. The van der Waals surface area contributed by atoms with Crippen LogP contribution in [0.25, 0.3) is 0 Å². The number of benzene rings is 3. The molecule has 11 heteroatoms. The summed E-state index contributed by atoms with van der Waals surface area (Å²) in [5.74, 6) is 0.975. The fraction of sp³-hybridized carbons (Fsp3) is 0.510. The Morgan fingerprint density at radius 2 is 1.02 bits per heavy atom. The van der Waals surface area contributed by atoms with Gasteiger partial charge in [0.1, 0.15) is 5.82 Å².